The van der Waals surface area contributed by atoms with Crippen molar-refractivity contribution in [1.82, 2.24) is 0 Å². The lowest BCUT2D eigenvalue weighted by molar-refractivity contribution is -0.769. The van der Waals surface area contributed by atoms with E-state index in [0.717, 1.165) is 19.4 Å². The van der Waals surface area contributed by atoms with Gasteiger partial charge in [0.15, 0.2) is 6.10 Å². The molecule has 2 rings (SSSR count). The summed E-state index contributed by atoms with van der Waals surface area (Å²) in [5.74, 6) is 0. The van der Waals surface area contributed by atoms with Crippen LogP contribution in [0, 0.1) is 10.1 Å². The van der Waals surface area contributed by atoms with Gasteiger partial charge in [0.05, 0.1) is 31.7 Å². The summed E-state index contributed by atoms with van der Waals surface area (Å²) in [6.07, 6.45) is 2.76. The molecule has 2 aliphatic heterocycles. The van der Waals surface area contributed by atoms with Crippen molar-refractivity contribution in [2.45, 2.75) is 36.1 Å². The highest BCUT2D eigenvalue weighted by molar-refractivity contribution is 8.00. The predicted molar refractivity (Wildman–Crippen MR) is 68.5 cm³/mol. The molecule has 0 saturated carbocycles. The Bertz CT molecular complexity index is 276. The van der Waals surface area contributed by atoms with Crippen LogP contribution < -0.4 is 0 Å². The molecule has 1 unspecified atom stereocenters. The molecule has 0 aromatic rings. The van der Waals surface area contributed by atoms with E-state index in [1.165, 1.54) is 6.42 Å². The average molecular weight is 293 g/mol. The van der Waals surface area contributed by atoms with Crippen molar-refractivity contribution in [3.8, 4) is 0 Å². The van der Waals surface area contributed by atoms with Crippen LogP contribution in [0.2, 0.25) is 0 Å². The van der Waals surface area contributed by atoms with E-state index in [-0.39, 0.29) is 23.9 Å². The lowest BCUT2D eigenvalue weighted by Crippen LogP contribution is -2.35. The van der Waals surface area contributed by atoms with E-state index in [9.17, 15) is 10.1 Å². The first-order valence-electron chi connectivity index (χ1n) is 6.48. The smallest absolute Gasteiger partial charge is 0.294 e. The molecule has 0 aromatic carbocycles. The molecule has 110 valence electrons. The van der Waals surface area contributed by atoms with Crippen LogP contribution in [0.25, 0.3) is 0 Å². The summed E-state index contributed by atoms with van der Waals surface area (Å²) < 4.78 is 16.6. The minimum Gasteiger partial charge on any atom is -0.378 e. The summed E-state index contributed by atoms with van der Waals surface area (Å²) in [4.78, 5) is 14.7. The molecule has 1 atom stereocenters. The van der Waals surface area contributed by atoms with Gasteiger partial charge in [0.25, 0.3) is 5.09 Å². The van der Waals surface area contributed by atoms with Crippen LogP contribution in [-0.2, 0) is 19.0 Å². The molecule has 7 nitrogen and oxygen atoms in total. The van der Waals surface area contributed by atoms with Gasteiger partial charge in [0, 0.05) is 6.61 Å². The van der Waals surface area contributed by atoms with Crippen molar-refractivity contribution in [3.05, 3.63) is 10.1 Å². The van der Waals surface area contributed by atoms with E-state index in [4.69, 9.17) is 14.2 Å². The van der Waals surface area contributed by atoms with Gasteiger partial charge in [-0.25, -0.2) is 0 Å². The van der Waals surface area contributed by atoms with Crippen LogP contribution in [0.3, 0.4) is 0 Å². The van der Waals surface area contributed by atoms with Crippen LogP contribution in [0.4, 0.5) is 0 Å². The predicted octanol–water partition coefficient (Wildman–Crippen LogP) is 1.24. The standard InChI is InChI=1S/C11H19NO6S/c13-12(14)18-9-5-15-7-10(8-16-6-9)19-11-3-1-2-4-17-11/h9-11H,1-8H2. The summed E-state index contributed by atoms with van der Waals surface area (Å²) in [6.45, 7) is 2.20. The first-order valence-corrected chi connectivity index (χ1v) is 7.42. The molecular weight excluding hydrogens is 274 g/mol. The van der Waals surface area contributed by atoms with Gasteiger partial charge in [-0.3, -0.25) is 0 Å². The minimum atomic E-state index is -0.804. The maximum absolute atomic E-state index is 10.2. The quantitative estimate of drug-likeness (QED) is 0.570. The molecule has 0 spiro atoms. The molecule has 0 aromatic heterocycles. The molecule has 0 radical (unpaired) electrons. The first-order chi connectivity index (χ1) is 9.24. The minimum absolute atomic E-state index is 0.184. The fourth-order valence-corrected chi connectivity index (χ4v) is 3.31. The van der Waals surface area contributed by atoms with Gasteiger partial charge in [-0.2, -0.15) is 0 Å². The first kappa shape index (κ1) is 14.8. The second-order valence-electron chi connectivity index (χ2n) is 4.58. The van der Waals surface area contributed by atoms with E-state index in [0.29, 0.717) is 13.2 Å². The Hall–Kier alpha value is -0.570. The largest absolute Gasteiger partial charge is 0.378 e. The average Bonchev–Trinajstić information content (AvgIpc) is 2.36. The normalized spacial score (nSPS) is 33.2. The van der Waals surface area contributed by atoms with Crippen molar-refractivity contribution < 1.29 is 24.1 Å². The Morgan fingerprint density at radius 1 is 1.16 bits per heavy atom. The third-order valence-corrected chi connectivity index (χ3v) is 4.26. The number of hydrogen-bond donors (Lipinski definition) is 0. The van der Waals surface area contributed by atoms with E-state index >= 15 is 0 Å². The summed E-state index contributed by atoms with van der Waals surface area (Å²) in [6, 6.07) is 0. The van der Waals surface area contributed by atoms with Gasteiger partial charge in [0.2, 0.25) is 0 Å². The number of ether oxygens (including phenoxy) is 3. The second kappa shape index (κ2) is 7.88. The van der Waals surface area contributed by atoms with Crippen molar-refractivity contribution in [2.24, 2.45) is 0 Å². The SMILES string of the molecule is O=[N+]([O-])OC1COCC(SC2CCCCO2)COC1. The fraction of sp³-hybridized carbons (Fsp3) is 1.00. The number of hydrogen-bond acceptors (Lipinski definition) is 7. The van der Waals surface area contributed by atoms with Gasteiger partial charge in [-0.05, 0) is 19.3 Å². The molecule has 19 heavy (non-hydrogen) atoms. The van der Waals surface area contributed by atoms with Crippen LogP contribution >= 0.6 is 11.8 Å². The molecular formula is C11H19NO6S. The lowest BCUT2D eigenvalue weighted by Gasteiger charge is -2.28. The van der Waals surface area contributed by atoms with Gasteiger partial charge in [-0.15, -0.1) is 21.9 Å². The van der Waals surface area contributed by atoms with Crippen LogP contribution in [0.1, 0.15) is 19.3 Å². The third-order valence-electron chi connectivity index (χ3n) is 2.93. The Labute approximate surface area is 116 Å². The zero-order valence-electron chi connectivity index (χ0n) is 10.7. The molecule has 0 aliphatic carbocycles. The summed E-state index contributed by atoms with van der Waals surface area (Å²) >= 11 is 1.73. The van der Waals surface area contributed by atoms with E-state index in [1.807, 2.05) is 0 Å². The molecule has 0 amide bonds. The van der Waals surface area contributed by atoms with Crippen LogP contribution in [0.15, 0.2) is 0 Å². The molecule has 2 saturated heterocycles. The molecule has 2 aliphatic rings. The summed E-state index contributed by atoms with van der Waals surface area (Å²) in [7, 11) is 0. The Balaban J connectivity index is 1.69. The van der Waals surface area contributed by atoms with Crippen molar-refractivity contribution in [2.75, 3.05) is 33.0 Å². The Kier molecular flexibility index (Phi) is 6.15. The van der Waals surface area contributed by atoms with Crippen LogP contribution in [-0.4, -0.2) is 54.9 Å². The van der Waals surface area contributed by atoms with Gasteiger partial charge >= 0.3 is 0 Å². The van der Waals surface area contributed by atoms with E-state index in [1.54, 1.807) is 11.8 Å². The zero-order valence-corrected chi connectivity index (χ0v) is 11.5. The monoisotopic (exact) mass is 293 g/mol. The highest BCUT2D eigenvalue weighted by Gasteiger charge is 2.24. The summed E-state index contributed by atoms with van der Waals surface area (Å²) in [5.41, 5.74) is 0.219. The Morgan fingerprint density at radius 2 is 1.89 bits per heavy atom. The van der Waals surface area contributed by atoms with E-state index in [2.05, 4.69) is 4.84 Å². The third kappa shape index (κ3) is 5.52. The van der Waals surface area contributed by atoms with Crippen molar-refractivity contribution >= 4 is 11.8 Å². The Morgan fingerprint density at radius 3 is 2.47 bits per heavy atom. The second-order valence-corrected chi connectivity index (χ2v) is 6.04. The molecule has 2 fully saturated rings. The number of nitrogens with zero attached hydrogens (tertiary/aromatic N) is 1. The topological polar surface area (TPSA) is 80.1 Å². The van der Waals surface area contributed by atoms with Crippen molar-refractivity contribution in [1.29, 1.82) is 0 Å². The zero-order chi connectivity index (χ0) is 13.5. The van der Waals surface area contributed by atoms with E-state index < -0.39 is 11.2 Å². The molecule has 2 heterocycles. The number of rotatable bonds is 4. The highest BCUT2D eigenvalue weighted by atomic mass is 32.2. The molecule has 8 heteroatoms. The van der Waals surface area contributed by atoms with Gasteiger partial charge < -0.3 is 19.0 Å². The van der Waals surface area contributed by atoms with Gasteiger partial charge in [0.1, 0.15) is 5.44 Å². The van der Waals surface area contributed by atoms with Gasteiger partial charge in [-0.1, -0.05) is 0 Å². The highest BCUT2D eigenvalue weighted by Crippen LogP contribution is 2.28. The lowest BCUT2D eigenvalue weighted by atomic mass is 10.2. The maximum atomic E-state index is 10.2. The fourth-order valence-electron chi connectivity index (χ4n) is 2.05. The summed E-state index contributed by atoms with van der Waals surface area (Å²) in [5, 5.41) is 9.65. The maximum Gasteiger partial charge on any atom is 0.294 e. The van der Waals surface area contributed by atoms with Crippen molar-refractivity contribution in [3.63, 3.8) is 0 Å². The number of thioether (sulfide) groups is 1. The van der Waals surface area contributed by atoms with Crippen LogP contribution in [0.5, 0.6) is 0 Å². The molecule has 0 N–H and O–H groups in total. The molecule has 0 bridgehead atoms.